The summed E-state index contributed by atoms with van der Waals surface area (Å²) in [6.45, 7) is 3.87. The zero-order valence-corrected chi connectivity index (χ0v) is 11.3. The van der Waals surface area contributed by atoms with Crippen LogP contribution >= 0.6 is 0 Å². The molecule has 0 aromatic carbocycles. The minimum atomic E-state index is -0.642. The van der Waals surface area contributed by atoms with Gasteiger partial charge in [0.15, 0.2) is 0 Å². The lowest BCUT2D eigenvalue weighted by atomic mass is 9.97. The molecule has 2 rings (SSSR count). The van der Waals surface area contributed by atoms with E-state index in [1.807, 2.05) is 0 Å². The molecule has 0 amide bonds. The monoisotopic (exact) mass is 255 g/mol. The summed E-state index contributed by atoms with van der Waals surface area (Å²) in [5, 5.41) is 9.41. The molecule has 2 heterocycles. The van der Waals surface area contributed by atoms with Gasteiger partial charge in [-0.3, -0.25) is 9.69 Å². The van der Waals surface area contributed by atoms with E-state index in [0.717, 1.165) is 51.7 Å². The first kappa shape index (κ1) is 13.8. The van der Waals surface area contributed by atoms with Gasteiger partial charge in [-0.2, -0.15) is 0 Å². The van der Waals surface area contributed by atoms with Crippen molar-refractivity contribution >= 4 is 5.97 Å². The number of aliphatic carboxylic acids is 1. The second-order valence-corrected chi connectivity index (χ2v) is 5.52. The number of nitrogens with zero attached hydrogens (tertiary/aromatic N) is 1. The molecule has 18 heavy (non-hydrogen) atoms. The summed E-state index contributed by atoms with van der Waals surface area (Å²) in [5.74, 6) is -0.642. The SMILES string of the molecule is CCC1CC(N2CCCCCC2C(=O)O)CCO1. The molecule has 0 radical (unpaired) electrons. The molecule has 3 unspecified atom stereocenters. The first-order chi connectivity index (χ1) is 8.72. The Labute approximate surface area is 109 Å². The van der Waals surface area contributed by atoms with Crippen molar-refractivity contribution in [2.24, 2.45) is 0 Å². The minimum absolute atomic E-state index is 0.270. The van der Waals surface area contributed by atoms with Gasteiger partial charge in [0.25, 0.3) is 0 Å². The van der Waals surface area contributed by atoms with Gasteiger partial charge < -0.3 is 9.84 Å². The van der Waals surface area contributed by atoms with Crippen LogP contribution in [-0.2, 0) is 9.53 Å². The molecule has 2 saturated heterocycles. The average molecular weight is 255 g/mol. The molecule has 2 aliphatic rings. The Hall–Kier alpha value is -0.610. The average Bonchev–Trinajstić information content (AvgIpc) is 2.64. The van der Waals surface area contributed by atoms with Crippen LogP contribution in [-0.4, -0.2) is 47.3 Å². The highest BCUT2D eigenvalue weighted by atomic mass is 16.5. The molecule has 0 aromatic heterocycles. The molecule has 4 heteroatoms. The van der Waals surface area contributed by atoms with Gasteiger partial charge in [-0.1, -0.05) is 19.8 Å². The van der Waals surface area contributed by atoms with Gasteiger partial charge in [-0.15, -0.1) is 0 Å². The van der Waals surface area contributed by atoms with Crippen molar-refractivity contribution in [1.29, 1.82) is 0 Å². The van der Waals surface area contributed by atoms with E-state index in [0.29, 0.717) is 12.1 Å². The van der Waals surface area contributed by atoms with Crippen molar-refractivity contribution in [3.63, 3.8) is 0 Å². The standard InChI is InChI=1S/C14H25NO3/c1-2-12-10-11(7-9-18-12)15-8-5-3-4-6-13(15)14(16)17/h11-13H,2-10H2,1H3,(H,16,17). The number of hydrogen-bond acceptors (Lipinski definition) is 3. The fourth-order valence-electron chi connectivity index (χ4n) is 3.28. The van der Waals surface area contributed by atoms with Crippen LogP contribution in [0.2, 0.25) is 0 Å². The van der Waals surface area contributed by atoms with Crippen LogP contribution in [0.15, 0.2) is 0 Å². The molecule has 104 valence electrons. The van der Waals surface area contributed by atoms with Crippen LogP contribution in [0.25, 0.3) is 0 Å². The fourth-order valence-corrected chi connectivity index (χ4v) is 3.28. The molecule has 2 fully saturated rings. The molecule has 0 aromatic rings. The Bertz CT molecular complexity index is 282. The Morgan fingerprint density at radius 2 is 2.17 bits per heavy atom. The molecule has 2 aliphatic heterocycles. The van der Waals surface area contributed by atoms with Crippen molar-refractivity contribution in [3.05, 3.63) is 0 Å². The van der Waals surface area contributed by atoms with Gasteiger partial charge in [0.1, 0.15) is 6.04 Å². The summed E-state index contributed by atoms with van der Waals surface area (Å²) in [7, 11) is 0. The zero-order chi connectivity index (χ0) is 13.0. The van der Waals surface area contributed by atoms with E-state index in [1.54, 1.807) is 0 Å². The van der Waals surface area contributed by atoms with Crippen LogP contribution in [0.1, 0.15) is 51.9 Å². The number of carboxylic acid groups (broad SMARTS) is 1. The van der Waals surface area contributed by atoms with E-state index in [4.69, 9.17) is 4.74 Å². The van der Waals surface area contributed by atoms with E-state index in [-0.39, 0.29) is 6.04 Å². The van der Waals surface area contributed by atoms with Crippen LogP contribution in [0.4, 0.5) is 0 Å². The molecule has 1 N–H and O–H groups in total. The largest absolute Gasteiger partial charge is 0.480 e. The molecule has 4 nitrogen and oxygen atoms in total. The maximum Gasteiger partial charge on any atom is 0.320 e. The van der Waals surface area contributed by atoms with Gasteiger partial charge in [0.2, 0.25) is 0 Å². The molecule has 0 bridgehead atoms. The molecule has 3 atom stereocenters. The molecular weight excluding hydrogens is 230 g/mol. The normalized spacial score (nSPS) is 35.1. The predicted octanol–water partition coefficient (Wildman–Crippen LogP) is 2.27. The van der Waals surface area contributed by atoms with Gasteiger partial charge >= 0.3 is 5.97 Å². The summed E-state index contributed by atoms with van der Waals surface area (Å²) < 4.78 is 5.70. The maximum absolute atomic E-state index is 11.4. The van der Waals surface area contributed by atoms with E-state index >= 15 is 0 Å². The number of likely N-dealkylation sites (tertiary alicyclic amines) is 1. The van der Waals surface area contributed by atoms with E-state index in [9.17, 15) is 9.90 Å². The third-order valence-corrected chi connectivity index (χ3v) is 4.34. The molecule has 0 saturated carbocycles. The zero-order valence-electron chi connectivity index (χ0n) is 11.3. The maximum atomic E-state index is 11.4. The molecular formula is C14H25NO3. The van der Waals surface area contributed by atoms with Crippen LogP contribution in [0.5, 0.6) is 0 Å². The van der Waals surface area contributed by atoms with Gasteiger partial charge in [0.05, 0.1) is 6.10 Å². The lowest BCUT2D eigenvalue weighted by molar-refractivity contribution is -0.146. The summed E-state index contributed by atoms with van der Waals surface area (Å²) in [4.78, 5) is 13.7. The first-order valence-electron chi connectivity index (χ1n) is 7.32. The smallest absolute Gasteiger partial charge is 0.320 e. The number of carbonyl (C=O) groups is 1. The van der Waals surface area contributed by atoms with Gasteiger partial charge in [0, 0.05) is 12.6 Å². The first-order valence-corrected chi connectivity index (χ1v) is 7.32. The van der Waals surface area contributed by atoms with E-state index in [1.165, 1.54) is 6.42 Å². The highest BCUT2D eigenvalue weighted by molar-refractivity contribution is 5.73. The Balaban J connectivity index is 2.04. The number of ether oxygens (including phenoxy) is 1. The van der Waals surface area contributed by atoms with Gasteiger partial charge in [-0.25, -0.2) is 0 Å². The summed E-state index contributed by atoms with van der Waals surface area (Å²) in [5.41, 5.74) is 0. The van der Waals surface area contributed by atoms with Crippen LogP contribution in [0.3, 0.4) is 0 Å². The summed E-state index contributed by atoms with van der Waals surface area (Å²) in [6, 6.07) is 0.135. The summed E-state index contributed by atoms with van der Waals surface area (Å²) in [6.07, 6.45) is 7.50. The quantitative estimate of drug-likeness (QED) is 0.840. The topological polar surface area (TPSA) is 49.8 Å². The third kappa shape index (κ3) is 3.23. The lowest BCUT2D eigenvalue weighted by Crippen LogP contribution is -2.50. The third-order valence-electron chi connectivity index (χ3n) is 4.34. The number of carboxylic acids is 1. The van der Waals surface area contributed by atoms with Gasteiger partial charge in [-0.05, 0) is 38.6 Å². The van der Waals surface area contributed by atoms with E-state index in [2.05, 4.69) is 11.8 Å². The van der Waals surface area contributed by atoms with E-state index < -0.39 is 5.97 Å². The van der Waals surface area contributed by atoms with Crippen molar-refractivity contribution < 1.29 is 14.6 Å². The Kier molecular flexibility index (Phi) is 5.01. The highest BCUT2D eigenvalue weighted by Crippen LogP contribution is 2.27. The number of hydrogen-bond donors (Lipinski definition) is 1. The van der Waals surface area contributed by atoms with Crippen molar-refractivity contribution in [1.82, 2.24) is 4.90 Å². The highest BCUT2D eigenvalue weighted by Gasteiger charge is 2.34. The predicted molar refractivity (Wildman–Crippen MR) is 69.7 cm³/mol. The van der Waals surface area contributed by atoms with Crippen LogP contribution < -0.4 is 0 Å². The fraction of sp³-hybridized carbons (Fsp3) is 0.929. The van der Waals surface area contributed by atoms with Crippen molar-refractivity contribution in [2.45, 2.75) is 70.1 Å². The Morgan fingerprint density at radius 1 is 1.33 bits per heavy atom. The molecule has 0 aliphatic carbocycles. The lowest BCUT2D eigenvalue weighted by Gasteiger charge is -2.39. The van der Waals surface area contributed by atoms with Crippen molar-refractivity contribution in [2.75, 3.05) is 13.2 Å². The van der Waals surface area contributed by atoms with Crippen LogP contribution in [0, 0.1) is 0 Å². The Morgan fingerprint density at radius 3 is 2.89 bits per heavy atom. The molecule has 0 spiro atoms. The second kappa shape index (κ2) is 6.53. The summed E-state index contributed by atoms with van der Waals surface area (Å²) >= 11 is 0. The van der Waals surface area contributed by atoms with Crippen molar-refractivity contribution in [3.8, 4) is 0 Å². The minimum Gasteiger partial charge on any atom is -0.480 e. The second-order valence-electron chi connectivity index (χ2n) is 5.52. The number of rotatable bonds is 3.